The first-order chi connectivity index (χ1) is 20.9. The molecule has 0 aromatic heterocycles. The second kappa shape index (κ2) is 13.6. The summed E-state index contributed by atoms with van der Waals surface area (Å²) in [6, 6.07) is 19.1. The third-order valence-electron chi connectivity index (χ3n) is 9.11. The molecule has 0 radical (unpaired) electrons. The smallest absolute Gasteiger partial charge is 0.298 e. The Kier molecular flexibility index (Phi) is 9.57. The van der Waals surface area contributed by atoms with E-state index in [0.29, 0.717) is 36.6 Å². The molecule has 1 amide bonds. The molecule has 228 valence electrons. The van der Waals surface area contributed by atoms with Gasteiger partial charge in [0, 0.05) is 41.2 Å². The highest BCUT2D eigenvalue weighted by Gasteiger charge is 2.51. The molecular weight excluding hydrogens is 588 g/mol. The minimum atomic E-state index is -3.45. The quantitative estimate of drug-likeness (QED) is 0.228. The number of ether oxygens (including phenoxy) is 1. The summed E-state index contributed by atoms with van der Waals surface area (Å²) in [4.78, 5) is 16.2. The molecule has 2 N–H and O–H groups in total. The van der Waals surface area contributed by atoms with E-state index in [4.69, 9.17) is 16.3 Å². The Hall–Kier alpha value is -2.65. The normalized spacial score (nSPS) is 21.5. The molecular formula is C34H38ClF2N3O2S. The first-order valence-corrected chi connectivity index (χ1v) is 16.5. The molecule has 1 aliphatic carbocycles. The maximum Gasteiger partial charge on any atom is 0.298 e. The number of benzene rings is 3. The minimum absolute atomic E-state index is 0.0505. The van der Waals surface area contributed by atoms with Gasteiger partial charge in [0.05, 0.1) is 6.61 Å². The number of nitrogens with one attached hydrogen (secondary N) is 2. The molecule has 2 heterocycles. The van der Waals surface area contributed by atoms with Gasteiger partial charge < -0.3 is 15.0 Å². The topological polar surface area (TPSA) is 53.6 Å². The van der Waals surface area contributed by atoms with E-state index in [0.717, 1.165) is 46.7 Å². The number of halogens is 3. The second-order valence-electron chi connectivity index (χ2n) is 12.0. The molecule has 1 saturated carbocycles. The van der Waals surface area contributed by atoms with Gasteiger partial charge in [0.25, 0.3) is 5.92 Å². The largest absolute Gasteiger partial charge is 0.493 e. The standard InChI is InChI=1S/C34H38ClF2N3O2S/c35-28-12-8-25(9-13-28)24-6-10-27(11-7-24)34(36,37)32(33(41)40-19-18-26-20-38-21-31(26)40)39-43-30-16-14-29(15-17-30)42-22-23-4-2-1-3-5-23/h6-17,23,26,31-32,38-39H,1-5,18-22H2. The fourth-order valence-corrected chi connectivity index (χ4v) is 7.46. The van der Waals surface area contributed by atoms with Crippen molar-refractivity contribution in [1.29, 1.82) is 0 Å². The molecule has 0 spiro atoms. The highest BCUT2D eigenvalue weighted by molar-refractivity contribution is 7.97. The van der Waals surface area contributed by atoms with Crippen LogP contribution in [-0.2, 0) is 10.7 Å². The number of nitrogens with zero attached hydrogens (tertiary/aromatic N) is 1. The van der Waals surface area contributed by atoms with E-state index in [1.54, 1.807) is 29.2 Å². The third kappa shape index (κ3) is 7.03. The van der Waals surface area contributed by atoms with Crippen molar-refractivity contribution in [1.82, 2.24) is 14.9 Å². The van der Waals surface area contributed by atoms with Gasteiger partial charge in [-0.3, -0.25) is 4.79 Å². The van der Waals surface area contributed by atoms with Crippen LogP contribution in [0.4, 0.5) is 8.78 Å². The second-order valence-corrected chi connectivity index (χ2v) is 13.3. The van der Waals surface area contributed by atoms with E-state index >= 15 is 8.78 Å². The van der Waals surface area contributed by atoms with Crippen molar-refractivity contribution in [3.8, 4) is 16.9 Å². The zero-order valence-electron chi connectivity index (χ0n) is 24.1. The van der Waals surface area contributed by atoms with Crippen LogP contribution in [0.5, 0.6) is 5.75 Å². The molecule has 0 bridgehead atoms. The van der Waals surface area contributed by atoms with Crippen molar-refractivity contribution >= 4 is 29.5 Å². The maximum atomic E-state index is 16.3. The number of hydrogen-bond acceptors (Lipinski definition) is 5. The molecule has 3 aromatic rings. The molecule has 6 rings (SSSR count). The van der Waals surface area contributed by atoms with E-state index < -0.39 is 17.9 Å². The van der Waals surface area contributed by atoms with Crippen LogP contribution in [0.1, 0.15) is 44.1 Å². The van der Waals surface area contributed by atoms with Gasteiger partial charge in [-0.2, -0.15) is 8.78 Å². The molecule has 3 aliphatic rings. The fourth-order valence-electron chi connectivity index (χ4n) is 6.56. The van der Waals surface area contributed by atoms with Crippen LogP contribution < -0.4 is 14.8 Å². The highest BCUT2D eigenvalue weighted by atomic mass is 35.5. The number of amides is 1. The van der Waals surface area contributed by atoms with Crippen LogP contribution in [0.15, 0.2) is 77.7 Å². The fraction of sp³-hybridized carbons (Fsp3) is 0.441. The van der Waals surface area contributed by atoms with Crippen LogP contribution in [-0.4, -0.2) is 49.1 Å². The van der Waals surface area contributed by atoms with E-state index in [1.807, 2.05) is 36.4 Å². The number of fused-ring (bicyclic) bond motifs is 1. The maximum absolute atomic E-state index is 16.3. The number of likely N-dealkylation sites (tertiary alicyclic amines) is 1. The zero-order valence-corrected chi connectivity index (χ0v) is 25.7. The number of rotatable bonds is 10. The highest BCUT2D eigenvalue weighted by Crippen LogP contribution is 2.38. The molecule has 2 saturated heterocycles. The van der Waals surface area contributed by atoms with Crippen molar-refractivity contribution in [2.45, 2.75) is 61.4 Å². The summed E-state index contributed by atoms with van der Waals surface area (Å²) in [6.45, 7) is 2.66. The van der Waals surface area contributed by atoms with Crippen molar-refractivity contribution in [3.05, 3.63) is 83.4 Å². The van der Waals surface area contributed by atoms with E-state index in [1.165, 1.54) is 44.2 Å². The van der Waals surface area contributed by atoms with Gasteiger partial charge in [-0.25, -0.2) is 4.72 Å². The van der Waals surface area contributed by atoms with Crippen molar-refractivity contribution in [3.63, 3.8) is 0 Å². The van der Waals surface area contributed by atoms with E-state index in [2.05, 4.69) is 10.0 Å². The zero-order chi connectivity index (χ0) is 29.8. The van der Waals surface area contributed by atoms with Gasteiger partial charge >= 0.3 is 0 Å². The van der Waals surface area contributed by atoms with Gasteiger partial charge in [-0.05, 0) is 90.6 Å². The lowest BCUT2D eigenvalue weighted by Crippen LogP contribution is -2.54. The minimum Gasteiger partial charge on any atom is -0.493 e. The van der Waals surface area contributed by atoms with Crippen LogP contribution >= 0.6 is 23.5 Å². The number of alkyl halides is 2. The Morgan fingerprint density at radius 3 is 2.33 bits per heavy atom. The summed E-state index contributed by atoms with van der Waals surface area (Å²) in [7, 11) is 0. The average molecular weight is 626 g/mol. The summed E-state index contributed by atoms with van der Waals surface area (Å²) >= 11 is 7.06. The van der Waals surface area contributed by atoms with Crippen molar-refractivity contribution in [2.24, 2.45) is 11.8 Å². The Morgan fingerprint density at radius 1 is 0.953 bits per heavy atom. The van der Waals surface area contributed by atoms with Gasteiger partial charge in [0.2, 0.25) is 5.91 Å². The number of carbonyl (C=O) groups is 1. The predicted molar refractivity (Wildman–Crippen MR) is 169 cm³/mol. The van der Waals surface area contributed by atoms with Crippen molar-refractivity contribution in [2.75, 3.05) is 26.2 Å². The molecule has 3 fully saturated rings. The lowest BCUT2D eigenvalue weighted by Gasteiger charge is -2.33. The molecule has 43 heavy (non-hydrogen) atoms. The molecule has 9 heteroatoms. The van der Waals surface area contributed by atoms with Gasteiger partial charge in [0.1, 0.15) is 5.75 Å². The molecule has 5 nitrogen and oxygen atoms in total. The summed E-state index contributed by atoms with van der Waals surface area (Å²) in [5.74, 6) is -2.34. The van der Waals surface area contributed by atoms with Crippen LogP contribution in [0.3, 0.4) is 0 Å². The Balaban J connectivity index is 1.17. The Bertz CT molecular complexity index is 1370. The van der Waals surface area contributed by atoms with Gasteiger partial charge in [-0.15, -0.1) is 0 Å². The molecule has 3 atom stereocenters. The Labute approximate surface area is 261 Å². The monoisotopic (exact) mass is 625 g/mol. The van der Waals surface area contributed by atoms with Gasteiger partial charge in [-0.1, -0.05) is 67.3 Å². The Morgan fingerprint density at radius 2 is 1.63 bits per heavy atom. The predicted octanol–water partition coefficient (Wildman–Crippen LogP) is 7.54. The average Bonchev–Trinajstić information content (AvgIpc) is 3.66. The molecule has 2 aliphatic heterocycles. The number of hydrogen-bond donors (Lipinski definition) is 2. The van der Waals surface area contributed by atoms with Crippen LogP contribution in [0, 0.1) is 11.8 Å². The summed E-state index contributed by atoms with van der Waals surface area (Å²) in [6.07, 6.45) is 7.08. The summed E-state index contributed by atoms with van der Waals surface area (Å²) in [5.41, 5.74) is 1.47. The molecule has 3 aromatic carbocycles. The van der Waals surface area contributed by atoms with E-state index in [-0.39, 0.29) is 11.6 Å². The third-order valence-corrected chi connectivity index (χ3v) is 10.2. The number of carbonyl (C=O) groups excluding carboxylic acids is 1. The summed E-state index contributed by atoms with van der Waals surface area (Å²) in [5, 5.41) is 3.92. The van der Waals surface area contributed by atoms with Crippen molar-refractivity contribution < 1.29 is 18.3 Å². The van der Waals surface area contributed by atoms with Crippen LogP contribution in [0.25, 0.3) is 11.1 Å². The summed E-state index contributed by atoms with van der Waals surface area (Å²) < 4.78 is 41.5. The van der Waals surface area contributed by atoms with Crippen LogP contribution in [0.2, 0.25) is 5.02 Å². The first-order valence-electron chi connectivity index (χ1n) is 15.3. The van der Waals surface area contributed by atoms with Gasteiger partial charge in [0.15, 0.2) is 6.04 Å². The SMILES string of the molecule is O=C(C(NSc1ccc(OCC2CCCCC2)cc1)C(F)(F)c1ccc(-c2ccc(Cl)cc2)cc1)N1CCC2CNCC21. The molecule has 3 unspecified atom stereocenters. The van der Waals surface area contributed by atoms with E-state index in [9.17, 15) is 4.79 Å². The lowest BCUT2D eigenvalue weighted by molar-refractivity contribution is -0.145. The first kappa shape index (κ1) is 30.4. The lowest BCUT2D eigenvalue weighted by atomic mass is 9.90.